The van der Waals surface area contributed by atoms with Crippen LogP contribution in [0.4, 0.5) is 10.1 Å². The van der Waals surface area contributed by atoms with Crippen molar-refractivity contribution in [2.24, 2.45) is 0 Å². The Hall–Kier alpha value is -1.49. The third-order valence-electron chi connectivity index (χ3n) is 2.47. The molecule has 7 heteroatoms. The van der Waals surface area contributed by atoms with Crippen LogP contribution < -0.4 is 5.32 Å². The van der Waals surface area contributed by atoms with Crippen molar-refractivity contribution in [2.45, 2.75) is 0 Å². The first-order valence-electron chi connectivity index (χ1n) is 5.33. The van der Waals surface area contributed by atoms with E-state index in [1.165, 1.54) is 24.3 Å². The average molecular weight is 335 g/mol. The predicted molar refractivity (Wildman–Crippen MR) is 77.5 cm³/mol. The van der Waals surface area contributed by atoms with E-state index in [4.69, 9.17) is 34.8 Å². The van der Waals surface area contributed by atoms with Crippen molar-refractivity contribution in [3.05, 3.63) is 56.8 Å². The van der Waals surface area contributed by atoms with E-state index in [0.29, 0.717) is 0 Å². The summed E-state index contributed by atoms with van der Waals surface area (Å²) in [4.78, 5) is 12.0. The van der Waals surface area contributed by atoms with Gasteiger partial charge in [0, 0.05) is 5.02 Å². The van der Waals surface area contributed by atoms with Crippen molar-refractivity contribution >= 4 is 46.4 Å². The summed E-state index contributed by atoms with van der Waals surface area (Å²) in [5, 5.41) is 12.2. The molecule has 0 aliphatic rings. The second kappa shape index (κ2) is 5.87. The third-order valence-corrected chi connectivity index (χ3v) is 3.29. The molecule has 2 N–H and O–H groups in total. The fourth-order valence-electron chi connectivity index (χ4n) is 1.56. The van der Waals surface area contributed by atoms with Gasteiger partial charge in [0.2, 0.25) is 0 Å². The monoisotopic (exact) mass is 333 g/mol. The summed E-state index contributed by atoms with van der Waals surface area (Å²) >= 11 is 17.3. The molecule has 0 spiro atoms. The minimum absolute atomic E-state index is 0.0348. The first-order chi connectivity index (χ1) is 9.40. The molecule has 0 heterocycles. The van der Waals surface area contributed by atoms with E-state index in [1.54, 1.807) is 0 Å². The molecule has 1 amide bonds. The van der Waals surface area contributed by atoms with Crippen molar-refractivity contribution in [1.82, 2.24) is 0 Å². The molecule has 0 aliphatic carbocycles. The van der Waals surface area contributed by atoms with Gasteiger partial charge in [-0.1, -0.05) is 40.9 Å². The first kappa shape index (κ1) is 14.9. The second-order valence-corrected chi connectivity index (χ2v) is 5.09. The number of benzene rings is 2. The molecular formula is C13H7Cl3FNO2. The molecule has 2 aromatic carbocycles. The predicted octanol–water partition coefficient (Wildman–Crippen LogP) is 4.74. The van der Waals surface area contributed by atoms with Crippen molar-refractivity contribution < 1.29 is 14.3 Å². The Morgan fingerprint density at radius 2 is 1.85 bits per heavy atom. The normalized spacial score (nSPS) is 10.4. The van der Waals surface area contributed by atoms with Crippen molar-refractivity contribution in [2.75, 3.05) is 5.32 Å². The van der Waals surface area contributed by atoms with Crippen LogP contribution in [0.15, 0.2) is 30.3 Å². The van der Waals surface area contributed by atoms with Gasteiger partial charge in [0.25, 0.3) is 5.91 Å². The summed E-state index contributed by atoms with van der Waals surface area (Å²) in [6.45, 7) is 0. The smallest absolute Gasteiger partial charge is 0.260 e. The molecule has 0 saturated heterocycles. The van der Waals surface area contributed by atoms with Crippen LogP contribution in [0.3, 0.4) is 0 Å². The van der Waals surface area contributed by atoms with E-state index >= 15 is 0 Å². The largest absolute Gasteiger partial charge is 0.504 e. The van der Waals surface area contributed by atoms with Crippen molar-refractivity contribution in [1.29, 1.82) is 0 Å². The fourth-order valence-corrected chi connectivity index (χ4v) is 2.30. The van der Waals surface area contributed by atoms with Gasteiger partial charge in [-0.25, -0.2) is 4.39 Å². The van der Waals surface area contributed by atoms with Gasteiger partial charge in [-0.2, -0.15) is 0 Å². The zero-order valence-electron chi connectivity index (χ0n) is 9.75. The van der Waals surface area contributed by atoms with Gasteiger partial charge in [0.15, 0.2) is 5.75 Å². The van der Waals surface area contributed by atoms with E-state index in [-0.39, 0.29) is 32.1 Å². The highest BCUT2D eigenvalue weighted by atomic mass is 35.5. The van der Waals surface area contributed by atoms with Gasteiger partial charge in [-0.05, 0) is 24.3 Å². The molecule has 0 aromatic heterocycles. The first-order valence-corrected chi connectivity index (χ1v) is 6.47. The van der Waals surface area contributed by atoms with Crippen molar-refractivity contribution in [3.8, 4) is 5.75 Å². The summed E-state index contributed by atoms with van der Waals surface area (Å²) in [6, 6.07) is 6.46. The standard InChI is InChI=1S/C13H7Cl3FNO2/c14-6-4-8(16)12(19)10(5-6)18-13(20)11-7(15)2-1-3-9(11)17/h1-5,19H,(H,18,20). The van der Waals surface area contributed by atoms with Crippen LogP contribution in [0.25, 0.3) is 0 Å². The number of amides is 1. The highest BCUT2D eigenvalue weighted by Gasteiger charge is 2.18. The molecule has 2 rings (SSSR count). The molecular weight excluding hydrogens is 328 g/mol. The molecule has 0 atom stereocenters. The molecule has 3 nitrogen and oxygen atoms in total. The van der Waals surface area contributed by atoms with Crippen LogP contribution in [-0.2, 0) is 0 Å². The number of halogens is 4. The van der Waals surface area contributed by atoms with E-state index in [1.807, 2.05) is 0 Å². The number of carbonyl (C=O) groups excluding carboxylic acids is 1. The van der Waals surface area contributed by atoms with Gasteiger partial charge in [0.05, 0.1) is 21.3 Å². The van der Waals surface area contributed by atoms with E-state index < -0.39 is 11.7 Å². The second-order valence-electron chi connectivity index (χ2n) is 3.83. The van der Waals surface area contributed by atoms with E-state index in [0.717, 1.165) is 6.07 Å². The molecule has 0 aliphatic heterocycles. The summed E-state index contributed by atoms with van der Waals surface area (Å²) < 4.78 is 13.6. The minimum atomic E-state index is -0.818. The van der Waals surface area contributed by atoms with Crippen LogP contribution >= 0.6 is 34.8 Å². The summed E-state index contributed by atoms with van der Waals surface area (Å²) in [7, 11) is 0. The van der Waals surface area contributed by atoms with Crippen LogP contribution in [0.1, 0.15) is 10.4 Å². The summed E-state index contributed by atoms with van der Waals surface area (Å²) in [5.41, 5.74) is -0.364. The Kier molecular flexibility index (Phi) is 4.38. The molecule has 0 unspecified atom stereocenters. The van der Waals surface area contributed by atoms with Gasteiger partial charge in [-0.3, -0.25) is 4.79 Å². The lowest BCUT2D eigenvalue weighted by atomic mass is 10.2. The van der Waals surface area contributed by atoms with Crippen LogP contribution in [0.2, 0.25) is 15.1 Å². The molecule has 20 heavy (non-hydrogen) atoms. The molecule has 0 fully saturated rings. The molecule has 0 saturated carbocycles. The molecule has 0 radical (unpaired) electrons. The number of phenols is 1. The third kappa shape index (κ3) is 2.98. The Bertz CT molecular complexity index is 671. The zero-order chi connectivity index (χ0) is 14.9. The Morgan fingerprint density at radius 3 is 2.50 bits per heavy atom. The number of hydrogen-bond acceptors (Lipinski definition) is 2. The average Bonchev–Trinajstić information content (AvgIpc) is 2.35. The van der Waals surface area contributed by atoms with Crippen LogP contribution in [0.5, 0.6) is 5.75 Å². The zero-order valence-corrected chi connectivity index (χ0v) is 12.0. The molecule has 2 aromatic rings. The van der Waals surface area contributed by atoms with E-state index in [9.17, 15) is 14.3 Å². The van der Waals surface area contributed by atoms with Crippen molar-refractivity contribution in [3.63, 3.8) is 0 Å². The van der Waals surface area contributed by atoms with Gasteiger partial charge in [-0.15, -0.1) is 0 Å². The highest BCUT2D eigenvalue weighted by Crippen LogP contribution is 2.35. The number of phenolic OH excluding ortho intramolecular Hbond substituents is 1. The summed E-state index contributed by atoms with van der Waals surface area (Å²) in [5.74, 6) is -1.96. The lowest BCUT2D eigenvalue weighted by Gasteiger charge is -2.10. The number of carbonyl (C=O) groups is 1. The maximum Gasteiger partial charge on any atom is 0.260 e. The number of rotatable bonds is 2. The lowest BCUT2D eigenvalue weighted by molar-refractivity contribution is 0.102. The quantitative estimate of drug-likeness (QED) is 0.779. The molecule has 104 valence electrons. The van der Waals surface area contributed by atoms with Gasteiger partial charge >= 0.3 is 0 Å². The maximum atomic E-state index is 13.6. The van der Waals surface area contributed by atoms with Gasteiger partial charge in [0.1, 0.15) is 5.82 Å². The highest BCUT2D eigenvalue weighted by molar-refractivity contribution is 6.37. The Labute approximate surface area is 128 Å². The van der Waals surface area contributed by atoms with E-state index in [2.05, 4.69) is 5.32 Å². The Morgan fingerprint density at radius 1 is 1.15 bits per heavy atom. The number of hydrogen-bond donors (Lipinski definition) is 2. The molecule has 0 bridgehead atoms. The van der Waals surface area contributed by atoms with Crippen LogP contribution in [-0.4, -0.2) is 11.0 Å². The van der Waals surface area contributed by atoms with Gasteiger partial charge < -0.3 is 10.4 Å². The van der Waals surface area contributed by atoms with Crippen LogP contribution in [0, 0.1) is 5.82 Å². The number of anilines is 1. The Balaban J connectivity index is 2.38. The number of aromatic hydroxyl groups is 1. The SMILES string of the molecule is O=C(Nc1cc(Cl)cc(Cl)c1O)c1c(F)cccc1Cl. The number of nitrogens with one attached hydrogen (secondary N) is 1. The fraction of sp³-hybridized carbons (Fsp3) is 0. The minimum Gasteiger partial charge on any atom is -0.504 e. The maximum absolute atomic E-state index is 13.6. The topological polar surface area (TPSA) is 49.3 Å². The summed E-state index contributed by atoms with van der Waals surface area (Å²) in [6.07, 6.45) is 0. The lowest BCUT2D eigenvalue weighted by Crippen LogP contribution is -2.14.